The summed E-state index contributed by atoms with van der Waals surface area (Å²) in [5, 5.41) is 17.3. The van der Waals surface area contributed by atoms with Gasteiger partial charge in [0.05, 0.1) is 0 Å². The van der Waals surface area contributed by atoms with Gasteiger partial charge in [0.25, 0.3) is 5.28 Å². The molecule has 70 valence electrons. The van der Waals surface area contributed by atoms with Crippen molar-refractivity contribution in [3.05, 3.63) is 5.28 Å². The second kappa shape index (κ2) is 4.33. The van der Waals surface area contributed by atoms with Crippen molar-refractivity contribution >= 4 is 19.4 Å². The van der Waals surface area contributed by atoms with Crippen molar-refractivity contribution in [3.63, 3.8) is 0 Å². The van der Waals surface area contributed by atoms with Crippen molar-refractivity contribution < 1.29 is 24.5 Å². The van der Waals surface area contributed by atoms with Crippen molar-refractivity contribution in [2.45, 2.75) is 0 Å². The molecule has 4 N–H and O–H groups in total. The number of halogens is 1. The van der Waals surface area contributed by atoms with E-state index in [2.05, 4.69) is 15.5 Å². The normalized spacial score (nSPS) is 10.3. The Morgan fingerprint density at radius 3 is 1.92 bits per heavy atom. The number of rotatable bonds is 0. The number of hydrogen-bond acceptors (Lipinski definition) is 5. The molecule has 0 spiro atoms. The maximum Gasteiger partial charge on any atom is 0.466 e. The monoisotopic (exact) mass is 218 g/mol. The van der Waals surface area contributed by atoms with Crippen LogP contribution in [0.25, 0.3) is 0 Å². The van der Waals surface area contributed by atoms with Gasteiger partial charge in [-0.1, -0.05) is 5.10 Å². The first-order chi connectivity index (χ1) is 5.30. The van der Waals surface area contributed by atoms with E-state index in [4.69, 9.17) is 36.1 Å². The first-order valence-electron chi connectivity index (χ1n) is 2.22. The van der Waals surface area contributed by atoms with Gasteiger partial charge in [-0.25, -0.2) is 4.57 Å². The summed E-state index contributed by atoms with van der Waals surface area (Å²) in [6, 6.07) is 0. The second-order valence-electron chi connectivity index (χ2n) is 1.35. The van der Waals surface area contributed by atoms with Crippen molar-refractivity contribution in [2.75, 3.05) is 0 Å². The van der Waals surface area contributed by atoms with Gasteiger partial charge in [0.15, 0.2) is 0 Å². The van der Waals surface area contributed by atoms with Crippen LogP contribution in [0.4, 0.5) is 0 Å². The van der Waals surface area contributed by atoms with E-state index in [1.165, 1.54) is 0 Å². The Hall–Kier alpha value is -0.730. The summed E-state index contributed by atoms with van der Waals surface area (Å²) in [5.41, 5.74) is 0. The van der Waals surface area contributed by atoms with E-state index >= 15 is 0 Å². The van der Waals surface area contributed by atoms with Crippen LogP contribution < -0.4 is 0 Å². The van der Waals surface area contributed by atoms with Crippen LogP contribution >= 0.6 is 19.4 Å². The molecule has 0 saturated heterocycles. The lowest BCUT2D eigenvalue weighted by Crippen LogP contribution is -1.90. The summed E-state index contributed by atoms with van der Waals surface area (Å²) in [4.78, 5) is 21.9. The van der Waals surface area contributed by atoms with Gasteiger partial charge in [0.2, 0.25) is 0 Å². The summed E-state index contributed by atoms with van der Waals surface area (Å²) in [6.07, 6.45) is 0. The minimum absolute atomic E-state index is 0.139. The number of hydrogen-bond donors (Lipinski definition) is 4. The number of nitrogens with zero attached hydrogens (tertiary/aromatic N) is 4. The van der Waals surface area contributed by atoms with Crippen LogP contribution in [0, 0.1) is 0 Å². The number of phosphoric acid groups is 1. The highest BCUT2D eigenvalue weighted by molar-refractivity contribution is 7.45. The predicted octanol–water partition coefficient (Wildman–Crippen LogP) is -1.36. The lowest BCUT2D eigenvalue weighted by Gasteiger charge is -1.82. The SMILES string of the molecule is O=P(O)(O)O.On1nnnc1Cl. The summed E-state index contributed by atoms with van der Waals surface area (Å²) in [6.45, 7) is 0. The molecule has 0 fully saturated rings. The van der Waals surface area contributed by atoms with Crippen LogP contribution in [0.3, 0.4) is 0 Å². The Labute approximate surface area is 70.4 Å². The van der Waals surface area contributed by atoms with Crippen molar-refractivity contribution in [1.82, 2.24) is 20.4 Å². The number of aromatic nitrogens is 4. The molecule has 0 radical (unpaired) electrons. The zero-order valence-corrected chi connectivity index (χ0v) is 6.96. The molecule has 9 nitrogen and oxygen atoms in total. The Morgan fingerprint density at radius 1 is 1.42 bits per heavy atom. The van der Waals surface area contributed by atoms with Gasteiger partial charge < -0.3 is 19.9 Å². The van der Waals surface area contributed by atoms with Gasteiger partial charge >= 0.3 is 7.82 Å². The van der Waals surface area contributed by atoms with Crippen LogP contribution in [0.1, 0.15) is 0 Å². The molecule has 0 unspecified atom stereocenters. The van der Waals surface area contributed by atoms with Gasteiger partial charge in [-0.3, -0.25) is 0 Å². The van der Waals surface area contributed by atoms with E-state index < -0.39 is 7.82 Å². The van der Waals surface area contributed by atoms with Crippen LogP contribution in [0.5, 0.6) is 0 Å². The van der Waals surface area contributed by atoms with Crippen LogP contribution in [-0.2, 0) is 4.57 Å². The molecule has 1 rings (SSSR count). The highest BCUT2D eigenvalue weighted by Crippen LogP contribution is 2.25. The molecule has 1 heterocycles. The molecule has 1 aromatic heterocycles. The first kappa shape index (κ1) is 11.3. The average molecular weight is 218 g/mol. The Morgan fingerprint density at radius 2 is 1.83 bits per heavy atom. The van der Waals surface area contributed by atoms with Crippen molar-refractivity contribution in [2.24, 2.45) is 0 Å². The highest BCUT2D eigenvalue weighted by atomic mass is 35.5. The van der Waals surface area contributed by atoms with E-state index in [1.54, 1.807) is 0 Å². The number of tetrazole rings is 1. The summed E-state index contributed by atoms with van der Waals surface area (Å²) in [5.74, 6) is 0. The van der Waals surface area contributed by atoms with Crippen LogP contribution in [0.15, 0.2) is 0 Å². The smallest absolute Gasteiger partial charge is 0.408 e. The van der Waals surface area contributed by atoms with Gasteiger partial charge in [0, 0.05) is 0 Å². The maximum absolute atomic E-state index is 8.88. The van der Waals surface area contributed by atoms with Gasteiger partial charge in [-0.05, 0) is 26.9 Å². The molecule has 0 amide bonds. The van der Waals surface area contributed by atoms with E-state index in [0.717, 1.165) is 0 Å². The van der Waals surface area contributed by atoms with Gasteiger partial charge in [0.1, 0.15) is 0 Å². The third-order valence-electron chi connectivity index (χ3n) is 0.417. The zero-order valence-electron chi connectivity index (χ0n) is 5.31. The van der Waals surface area contributed by atoms with E-state index in [9.17, 15) is 0 Å². The second-order valence-corrected chi connectivity index (χ2v) is 2.72. The summed E-state index contributed by atoms with van der Waals surface area (Å²) in [7, 11) is -4.64. The molecule has 11 heteroatoms. The van der Waals surface area contributed by atoms with Gasteiger partial charge in [-0.15, -0.1) is 0 Å². The highest BCUT2D eigenvalue weighted by Gasteiger charge is 2.00. The fraction of sp³-hybridized carbons (Fsp3) is 0. The fourth-order valence-electron chi connectivity index (χ4n) is 0.172. The molecular weight excluding hydrogens is 214 g/mol. The van der Waals surface area contributed by atoms with E-state index in [0.29, 0.717) is 4.85 Å². The molecule has 0 aliphatic carbocycles. The largest absolute Gasteiger partial charge is 0.466 e. The quantitative estimate of drug-likeness (QED) is 0.309. The minimum atomic E-state index is -4.64. The van der Waals surface area contributed by atoms with Crippen molar-refractivity contribution in [1.29, 1.82) is 0 Å². The minimum Gasteiger partial charge on any atom is -0.408 e. The molecule has 0 atom stereocenters. The molecule has 0 aromatic carbocycles. The third kappa shape index (κ3) is 7.38. The average Bonchev–Trinajstić information content (AvgIpc) is 2.12. The summed E-state index contributed by atoms with van der Waals surface area (Å²) < 4.78 is 8.88. The summed E-state index contributed by atoms with van der Waals surface area (Å²) >= 11 is 5.10. The van der Waals surface area contributed by atoms with Gasteiger partial charge in [-0.2, -0.15) is 0 Å². The van der Waals surface area contributed by atoms with Crippen molar-refractivity contribution in [3.8, 4) is 0 Å². The Kier molecular flexibility index (Phi) is 4.07. The Balaban J connectivity index is 0.000000217. The molecule has 12 heavy (non-hydrogen) atoms. The maximum atomic E-state index is 8.88. The topological polar surface area (TPSA) is 142 Å². The predicted molar refractivity (Wildman–Crippen MR) is 34.3 cm³/mol. The molecule has 0 aliphatic rings. The molecule has 0 aliphatic heterocycles. The fourth-order valence-corrected chi connectivity index (χ4v) is 0.239. The van der Waals surface area contributed by atoms with E-state index in [-0.39, 0.29) is 5.28 Å². The van der Waals surface area contributed by atoms with Crippen LogP contribution in [-0.4, -0.2) is 40.3 Å². The molecule has 0 saturated carbocycles. The molecule has 1 aromatic rings. The standard InChI is InChI=1S/CHClN4O.H3O4P/c2-1-3-4-5-6(1)7;1-5(2,3)4/h7H;(H3,1,2,3,4). The zero-order chi connectivity index (χ0) is 9.78. The molecule has 0 bridgehead atoms. The lowest BCUT2D eigenvalue weighted by molar-refractivity contribution is 0.143. The lowest BCUT2D eigenvalue weighted by atomic mass is 11.4. The molecular formula is CH4ClN4O5P. The van der Waals surface area contributed by atoms with Crippen LogP contribution in [0.2, 0.25) is 5.28 Å². The van der Waals surface area contributed by atoms with E-state index in [1.807, 2.05) is 0 Å². The first-order valence-corrected chi connectivity index (χ1v) is 4.16. The third-order valence-corrected chi connectivity index (χ3v) is 0.644. The Bertz CT molecular complexity index is 256.